The van der Waals surface area contributed by atoms with Crippen molar-refractivity contribution in [1.82, 2.24) is 0 Å². The van der Waals surface area contributed by atoms with Gasteiger partial charge in [0, 0.05) is 0 Å². The van der Waals surface area contributed by atoms with E-state index in [1.807, 2.05) is 45.9 Å². The van der Waals surface area contributed by atoms with Gasteiger partial charge in [0.05, 0.1) is 5.60 Å². The molecule has 0 fully saturated rings. The summed E-state index contributed by atoms with van der Waals surface area (Å²) in [5.74, 6) is -0.958. The Hall–Kier alpha value is -1.35. The number of aryl methyl sites for hydroxylation is 1. The molecule has 0 amide bonds. The van der Waals surface area contributed by atoms with E-state index in [2.05, 4.69) is 0 Å². The Labute approximate surface area is 96.1 Å². The molecule has 16 heavy (non-hydrogen) atoms. The zero-order chi connectivity index (χ0) is 12.3. The molecule has 0 aliphatic rings. The van der Waals surface area contributed by atoms with Crippen LogP contribution < -0.4 is 0 Å². The van der Waals surface area contributed by atoms with Gasteiger partial charge in [-0.05, 0) is 33.3 Å². The molecule has 3 nitrogen and oxygen atoms in total. The minimum absolute atomic E-state index is 0.479. The van der Waals surface area contributed by atoms with E-state index in [-0.39, 0.29) is 0 Å². The monoisotopic (exact) mass is 222 g/mol. The van der Waals surface area contributed by atoms with Crippen molar-refractivity contribution in [2.24, 2.45) is 0 Å². The standard InChI is InChI=1S/C13H18O3/c1-9-6-5-7-10(8-9)11(12(14)15)16-13(2,3)4/h5-8,11H,1-4H3,(H,14,15). The lowest BCUT2D eigenvalue weighted by atomic mass is 10.1. The third-order valence-electron chi connectivity index (χ3n) is 2.04. The highest BCUT2D eigenvalue weighted by Crippen LogP contribution is 2.24. The molecule has 0 aliphatic heterocycles. The summed E-state index contributed by atoms with van der Waals surface area (Å²) in [4.78, 5) is 11.2. The highest BCUT2D eigenvalue weighted by molar-refractivity contribution is 5.74. The van der Waals surface area contributed by atoms with Crippen LogP contribution in [0.25, 0.3) is 0 Å². The van der Waals surface area contributed by atoms with Gasteiger partial charge in [-0.25, -0.2) is 4.79 Å². The van der Waals surface area contributed by atoms with Crippen LogP contribution in [0.1, 0.15) is 38.0 Å². The molecule has 0 saturated heterocycles. The van der Waals surface area contributed by atoms with Gasteiger partial charge in [0.1, 0.15) is 0 Å². The molecule has 88 valence electrons. The van der Waals surface area contributed by atoms with Crippen molar-refractivity contribution in [3.05, 3.63) is 35.4 Å². The maximum Gasteiger partial charge on any atom is 0.337 e. The van der Waals surface area contributed by atoms with Crippen molar-refractivity contribution in [3.8, 4) is 0 Å². The van der Waals surface area contributed by atoms with Crippen LogP contribution in [-0.4, -0.2) is 16.7 Å². The first kappa shape index (κ1) is 12.7. The van der Waals surface area contributed by atoms with Gasteiger partial charge in [-0.2, -0.15) is 0 Å². The Balaban J connectivity index is 2.99. The van der Waals surface area contributed by atoms with Crippen molar-refractivity contribution < 1.29 is 14.6 Å². The van der Waals surface area contributed by atoms with Gasteiger partial charge < -0.3 is 9.84 Å². The molecule has 0 bridgehead atoms. The summed E-state index contributed by atoms with van der Waals surface area (Å²) in [6.07, 6.45) is -0.903. The summed E-state index contributed by atoms with van der Waals surface area (Å²) in [5, 5.41) is 9.16. The first-order valence-electron chi connectivity index (χ1n) is 5.27. The van der Waals surface area contributed by atoms with Crippen molar-refractivity contribution in [3.63, 3.8) is 0 Å². The number of benzene rings is 1. The first-order valence-corrected chi connectivity index (χ1v) is 5.27. The van der Waals surface area contributed by atoms with Gasteiger partial charge in [0.25, 0.3) is 0 Å². The molecule has 1 rings (SSSR count). The predicted octanol–water partition coefficient (Wildman–Crippen LogP) is 2.94. The zero-order valence-electron chi connectivity index (χ0n) is 10.2. The summed E-state index contributed by atoms with van der Waals surface area (Å²) < 4.78 is 5.54. The number of aliphatic carboxylic acids is 1. The second kappa shape index (κ2) is 4.66. The highest BCUT2D eigenvalue weighted by Gasteiger charge is 2.26. The molecule has 3 heteroatoms. The van der Waals surface area contributed by atoms with Crippen LogP contribution in [0, 0.1) is 6.92 Å². The van der Waals surface area contributed by atoms with Crippen LogP contribution in [0.4, 0.5) is 0 Å². The molecule has 1 atom stereocenters. The summed E-state index contributed by atoms with van der Waals surface area (Å²) in [5.41, 5.74) is 1.23. The lowest BCUT2D eigenvalue weighted by molar-refractivity contribution is -0.160. The van der Waals surface area contributed by atoms with Crippen LogP contribution in [0.15, 0.2) is 24.3 Å². The number of hydrogen-bond acceptors (Lipinski definition) is 2. The summed E-state index contributed by atoms with van der Waals surface area (Å²) in [6.45, 7) is 7.47. The third kappa shape index (κ3) is 3.66. The number of carbonyl (C=O) groups is 1. The van der Waals surface area contributed by atoms with E-state index in [9.17, 15) is 4.79 Å². The van der Waals surface area contributed by atoms with Gasteiger partial charge in [0.15, 0.2) is 6.10 Å². The Morgan fingerprint density at radius 2 is 2.00 bits per heavy atom. The van der Waals surface area contributed by atoms with Crippen molar-refractivity contribution in [2.75, 3.05) is 0 Å². The van der Waals surface area contributed by atoms with Crippen molar-refractivity contribution >= 4 is 5.97 Å². The molecule has 0 radical (unpaired) electrons. The molecular weight excluding hydrogens is 204 g/mol. The van der Waals surface area contributed by atoms with Gasteiger partial charge >= 0.3 is 5.97 Å². The number of hydrogen-bond donors (Lipinski definition) is 1. The summed E-state index contributed by atoms with van der Waals surface area (Å²) in [7, 11) is 0. The Morgan fingerprint density at radius 3 is 2.44 bits per heavy atom. The molecule has 1 N–H and O–H groups in total. The lowest BCUT2D eigenvalue weighted by Crippen LogP contribution is -2.27. The molecular formula is C13H18O3. The zero-order valence-corrected chi connectivity index (χ0v) is 10.2. The predicted molar refractivity (Wildman–Crippen MR) is 62.4 cm³/mol. The van der Waals surface area contributed by atoms with Crippen LogP contribution in [-0.2, 0) is 9.53 Å². The summed E-state index contributed by atoms with van der Waals surface area (Å²) in [6, 6.07) is 7.38. The smallest absolute Gasteiger partial charge is 0.337 e. The largest absolute Gasteiger partial charge is 0.479 e. The Kier molecular flexibility index (Phi) is 3.70. The fourth-order valence-electron chi connectivity index (χ4n) is 1.45. The average molecular weight is 222 g/mol. The molecule has 0 saturated carbocycles. The van der Waals surface area contributed by atoms with Crippen molar-refractivity contribution in [1.29, 1.82) is 0 Å². The minimum Gasteiger partial charge on any atom is -0.479 e. The fourth-order valence-corrected chi connectivity index (χ4v) is 1.45. The number of rotatable bonds is 3. The molecule has 0 heterocycles. The molecule has 0 aromatic heterocycles. The Morgan fingerprint density at radius 1 is 1.38 bits per heavy atom. The van der Waals surface area contributed by atoms with Crippen LogP contribution >= 0.6 is 0 Å². The number of carboxylic acids is 1. The normalized spacial score (nSPS) is 13.5. The van der Waals surface area contributed by atoms with Gasteiger partial charge in [-0.1, -0.05) is 29.8 Å². The van der Waals surface area contributed by atoms with Gasteiger partial charge in [-0.3, -0.25) is 0 Å². The second-order valence-electron chi connectivity index (χ2n) is 4.86. The quantitative estimate of drug-likeness (QED) is 0.855. The minimum atomic E-state index is -0.958. The topological polar surface area (TPSA) is 46.5 Å². The molecule has 1 unspecified atom stereocenters. The van der Waals surface area contributed by atoms with Gasteiger partial charge in [-0.15, -0.1) is 0 Å². The van der Waals surface area contributed by atoms with E-state index in [1.165, 1.54) is 0 Å². The third-order valence-corrected chi connectivity index (χ3v) is 2.04. The van der Waals surface area contributed by atoms with Crippen LogP contribution in [0.5, 0.6) is 0 Å². The SMILES string of the molecule is Cc1cccc(C(OC(C)(C)C)C(=O)O)c1. The average Bonchev–Trinajstić information content (AvgIpc) is 2.12. The van der Waals surface area contributed by atoms with Crippen LogP contribution in [0.2, 0.25) is 0 Å². The maximum atomic E-state index is 11.2. The van der Waals surface area contributed by atoms with E-state index in [4.69, 9.17) is 9.84 Å². The van der Waals surface area contributed by atoms with E-state index in [0.717, 1.165) is 5.56 Å². The Bertz CT molecular complexity index is 377. The fraction of sp³-hybridized carbons (Fsp3) is 0.462. The van der Waals surface area contributed by atoms with Crippen LogP contribution in [0.3, 0.4) is 0 Å². The van der Waals surface area contributed by atoms with E-state index in [0.29, 0.717) is 5.56 Å². The molecule has 1 aromatic rings. The molecule has 0 aliphatic carbocycles. The second-order valence-corrected chi connectivity index (χ2v) is 4.86. The lowest BCUT2D eigenvalue weighted by Gasteiger charge is -2.25. The molecule has 0 spiro atoms. The molecule has 1 aromatic carbocycles. The maximum absolute atomic E-state index is 11.2. The van der Waals surface area contributed by atoms with Crippen molar-refractivity contribution in [2.45, 2.75) is 39.4 Å². The highest BCUT2D eigenvalue weighted by atomic mass is 16.5. The van der Waals surface area contributed by atoms with E-state index < -0.39 is 17.7 Å². The first-order chi connectivity index (χ1) is 7.29. The number of ether oxygens (including phenoxy) is 1. The van der Waals surface area contributed by atoms with E-state index in [1.54, 1.807) is 6.07 Å². The number of carboxylic acid groups (broad SMARTS) is 1. The van der Waals surface area contributed by atoms with Gasteiger partial charge in [0.2, 0.25) is 0 Å². The summed E-state index contributed by atoms with van der Waals surface area (Å²) >= 11 is 0. The van der Waals surface area contributed by atoms with E-state index >= 15 is 0 Å².